The number of benzene rings is 1. The smallest absolute Gasteiger partial charge is 0.337 e. The maximum absolute atomic E-state index is 11.9. The van der Waals surface area contributed by atoms with Crippen molar-refractivity contribution < 1.29 is 14.3 Å². The van der Waals surface area contributed by atoms with Crippen molar-refractivity contribution in [2.75, 3.05) is 7.11 Å². The van der Waals surface area contributed by atoms with Crippen LogP contribution in [0.15, 0.2) is 40.0 Å². The number of halogens is 1. The van der Waals surface area contributed by atoms with E-state index < -0.39 is 12.0 Å². The molecule has 0 aliphatic carbocycles. The number of esters is 1. The maximum atomic E-state index is 11.9. The summed E-state index contributed by atoms with van der Waals surface area (Å²) in [4.78, 5) is 23.4. The Morgan fingerprint density at radius 3 is 2.79 bits per heavy atom. The number of carbonyl (C=O) groups excluding carboxylic acids is 2. The largest absolute Gasteiger partial charge is 0.466 e. The summed E-state index contributed by atoms with van der Waals surface area (Å²) in [6.45, 7) is 1.68. The van der Waals surface area contributed by atoms with Gasteiger partial charge in [-0.05, 0) is 24.6 Å². The van der Waals surface area contributed by atoms with Crippen molar-refractivity contribution in [1.29, 1.82) is 0 Å². The summed E-state index contributed by atoms with van der Waals surface area (Å²) in [6, 6.07) is 6.57. The molecule has 1 aromatic rings. The Hall–Kier alpha value is -1.82. The first kappa shape index (κ1) is 13.6. The third kappa shape index (κ3) is 2.78. The van der Waals surface area contributed by atoms with Crippen LogP contribution in [0.2, 0.25) is 0 Å². The summed E-state index contributed by atoms with van der Waals surface area (Å²) in [6.07, 6.45) is 0. The second-order valence-electron chi connectivity index (χ2n) is 4.12. The summed E-state index contributed by atoms with van der Waals surface area (Å²) >= 11 is 3.37. The molecule has 0 bridgehead atoms. The van der Waals surface area contributed by atoms with E-state index in [1.807, 2.05) is 24.3 Å². The molecule has 100 valence electrons. The van der Waals surface area contributed by atoms with Crippen LogP contribution in [0.4, 0.5) is 4.79 Å². The third-order valence-corrected chi connectivity index (χ3v) is 3.35. The summed E-state index contributed by atoms with van der Waals surface area (Å²) in [5.41, 5.74) is 1.71. The molecule has 0 saturated carbocycles. The average molecular weight is 325 g/mol. The highest BCUT2D eigenvalue weighted by atomic mass is 79.9. The van der Waals surface area contributed by atoms with Gasteiger partial charge in [-0.1, -0.05) is 28.1 Å². The molecule has 0 saturated heterocycles. The van der Waals surface area contributed by atoms with Gasteiger partial charge in [0, 0.05) is 10.2 Å². The number of ether oxygens (including phenoxy) is 1. The van der Waals surface area contributed by atoms with E-state index in [2.05, 4.69) is 26.6 Å². The number of carbonyl (C=O) groups is 2. The van der Waals surface area contributed by atoms with Gasteiger partial charge in [0.1, 0.15) is 0 Å². The Balaban J connectivity index is 2.49. The van der Waals surface area contributed by atoms with Gasteiger partial charge in [-0.3, -0.25) is 0 Å². The standard InChI is InChI=1S/C13H13BrN2O3/c1-7-10(12(17)19-2)11(16-13(18)15-7)8-4-3-5-9(14)6-8/h3-6,11H,1-2H3,(H2,15,16,18)/t11-/m0/s1. The lowest BCUT2D eigenvalue weighted by Gasteiger charge is -2.27. The van der Waals surface area contributed by atoms with Gasteiger partial charge in [-0.15, -0.1) is 0 Å². The maximum Gasteiger partial charge on any atom is 0.337 e. The van der Waals surface area contributed by atoms with Crippen LogP contribution in [0.3, 0.4) is 0 Å². The second-order valence-corrected chi connectivity index (χ2v) is 5.03. The SMILES string of the molecule is COC(=O)C1=C(C)NC(=O)N[C@H]1c1cccc(Br)c1. The van der Waals surface area contributed by atoms with Gasteiger partial charge in [0.25, 0.3) is 0 Å². The molecule has 1 aliphatic heterocycles. The summed E-state index contributed by atoms with van der Waals surface area (Å²) < 4.78 is 5.65. The molecule has 5 nitrogen and oxygen atoms in total. The first-order valence-corrected chi connectivity index (χ1v) is 6.44. The van der Waals surface area contributed by atoms with Crippen molar-refractivity contribution in [1.82, 2.24) is 10.6 Å². The van der Waals surface area contributed by atoms with Crippen molar-refractivity contribution in [2.24, 2.45) is 0 Å². The molecular weight excluding hydrogens is 312 g/mol. The van der Waals surface area contributed by atoms with E-state index in [1.54, 1.807) is 6.92 Å². The van der Waals surface area contributed by atoms with E-state index >= 15 is 0 Å². The lowest BCUT2D eigenvalue weighted by Crippen LogP contribution is -2.45. The van der Waals surface area contributed by atoms with Crippen LogP contribution in [0.1, 0.15) is 18.5 Å². The zero-order chi connectivity index (χ0) is 14.0. The fourth-order valence-corrected chi connectivity index (χ4v) is 2.43. The molecule has 0 aromatic heterocycles. The number of hydrogen-bond donors (Lipinski definition) is 2. The predicted molar refractivity (Wildman–Crippen MR) is 73.3 cm³/mol. The molecule has 2 rings (SSSR count). The van der Waals surface area contributed by atoms with Crippen LogP contribution in [-0.4, -0.2) is 19.1 Å². The van der Waals surface area contributed by atoms with Gasteiger partial charge in [0.2, 0.25) is 0 Å². The molecule has 0 fully saturated rings. The lowest BCUT2D eigenvalue weighted by molar-refractivity contribution is -0.136. The van der Waals surface area contributed by atoms with Crippen molar-refractivity contribution >= 4 is 27.9 Å². The molecule has 2 amide bonds. The van der Waals surface area contributed by atoms with E-state index in [9.17, 15) is 9.59 Å². The lowest BCUT2D eigenvalue weighted by atomic mass is 9.96. The second kappa shape index (κ2) is 5.44. The Labute approximate surface area is 119 Å². The molecule has 0 unspecified atom stereocenters. The molecule has 1 heterocycles. The Bertz CT molecular complexity index is 569. The van der Waals surface area contributed by atoms with Crippen LogP contribution in [0.25, 0.3) is 0 Å². The highest BCUT2D eigenvalue weighted by Gasteiger charge is 2.31. The third-order valence-electron chi connectivity index (χ3n) is 2.86. The molecular formula is C13H13BrN2O3. The highest BCUT2D eigenvalue weighted by Crippen LogP contribution is 2.28. The molecule has 1 aliphatic rings. The van der Waals surface area contributed by atoms with Gasteiger partial charge < -0.3 is 15.4 Å². The van der Waals surface area contributed by atoms with Gasteiger partial charge in [0.05, 0.1) is 18.7 Å². The minimum absolute atomic E-state index is 0.338. The molecule has 0 radical (unpaired) electrons. The van der Waals surface area contributed by atoms with Crippen LogP contribution in [0, 0.1) is 0 Å². The van der Waals surface area contributed by atoms with E-state index in [0.717, 1.165) is 10.0 Å². The zero-order valence-electron chi connectivity index (χ0n) is 10.5. The topological polar surface area (TPSA) is 67.4 Å². The minimum Gasteiger partial charge on any atom is -0.466 e. The van der Waals surface area contributed by atoms with Crippen LogP contribution in [0.5, 0.6) is 0 Å². The van der Waals surface area contributed by atoms with Gasteiger partial charge in [0.15, 0.2) is 0 Å². The van der Waals surface area contributed by atoms with Crippen LogP contribution >= 0.6 is 15.9 Å². The molecule has 2 N–H and O–H groups in total. The average Bonchev–Trinajstić information content (AvgIpc) is 2.37. The number of amides is 2. The normalized spacial score (nSPS) is 18.7. The molecule has 1 atom stereocenters. The van der Waals surface area contributed by atoms with Crippen molar-refractivity contribution in [2.45, 2.75) is 13.0 Å². The van der Waals surface area contributed by atoms with Gasteiger partial charge in [-0.2, -0.15) is 0 Å². The van der Waals surface area contributed by atoms with Crippen molar-refractivity contribution in [3.63, 3.8) is 0 Å². The van der Waals surface area contributed by atoms with E-state index in [4.69, 9.17) is 4.74 Å². The van der Waals surface area contributed by atoms with Gasteiger partial charge >= 0.3 is 12.0 Å². The Morgan fingerprint density at radius 1 is 1.42 bits per heavy atom. The van der Waals surface area contributed by atoms with E-state index in [1.165, 1.54) is 7.11 Å². The number of nitrogens with one attached hydrogen (secondary N) is 2. The molecule has 1 aromatic carbocycles. The van der Waals surface area contributed by atoms with E-state index in [-0.39, 0.29) is 6.03 Å². The summed E-state index contributed by atoms with van der Waals surface area (Å²) in [5.74, 6) is -0.463. The summed E-state index contributed by atoms with van der Waals surface area (Å²) in [7, 11) is 1.32. The Kier molecular flexibility index (Phi) is 3.90. The number of rotatable bonds is 2. The number of methoxy groups -OCH3 is 1. The van der Waals surface area contributed by atoms with Crippen LogP contribution < -0.4 is 10.6 Å². The van der Waals surface area contributed by atoms with E-state index in [0.29, 0.717) is 11.3 Å². The highest BCUT2D eigenvalue weighted by molar-refractivity contribution is 9.10. The van der Waals surface area contributed by atoms with Crippen molar-refractivity contribution in [3.05, 3.63) is 45.6 Å². The number of allylic oxidation sites excluding steroid dienone is 1. The Morgan fingerprint density at radius 2 is 2.16 bits per heavy atom. The molecule has 6 heteroatoms. The fourth-order valence-electron chi connectivity index (χ4n) is 2.01. The molecule has 19 heavy (non-hydrogen) atoms. The quantitative estimate of drug-likeness (QED) is 0.820. The number of urea groups is 1. The first-order valence-electron chi connectivity index (χ1n) is 5.65. The molecule has 0 spiro atoms. The first-order chi connectivity index (χ1) is 9.02. The van der Waals surface area contributed by atoms with Crippen molar-refractivity contribution in [3.8, 4) is 0 Å². The predicted octanol–water partition coefficient (Wildman–Crippen LogP) is 2.25. The van der Waals surface area contributed by atoms with Crippen LogP contribution in [-0.2, 0) is 9.53 Å². The minimum atomic E-state index is -0.515. The number of hydrogen-bond acceptors (Lipinski definition) is 3. The van der Waals surface area contributed by atoms with Gasteiger partial charge in [-0.25, -0.2) is 9.59 Å². The monoisotopic (exact) mass is 324 g/mol. The zero-order valence-corrected chi connectivity index (χ0v) is 12.1. The summed E-state index contributed by atoms with van der Waals surface area (Å²) in [5, 5.41) is 5.30. The fraction of sp³-hybridized carbons (Fsp3) is 0.231.